The molecule has 2 atom stereocenters. The van der Waals surface area contributed by atoms with Crippen LogP contribution in [-0.4, -0.2) is 25.4 Å². The largest absolute Gasteiger partial charge is 0.493 e. The maximum Gasteiger partial charge on any atom is 0.122 e. The Kier molecular flexibility index (Phi) is 4.04. The predicted molar refractivity (Wildman–Crippen MR) is 75.5 cm³/mol. The highest BCUT2D eigenvalue weighted by Gasteiger charge is 2.19. The molecule has 104 valence electrons. The van der Waals surface area contributed by atoms with Crippen LogP contribution in [0, 0.1) is 0 Å². The monoisotopic (exact) mass is 261 g/mol. The number of rotatable bonds is 5. The molecule has 0 saturated carbocycles. The Balaban J connectivity index is 1.48. The van der Waals surface area contributed by atoms with Gasteiger partial charge in [-0.05, 0) is 49.3 Å². The summed E-state index contributed by atoms with van der Waals surface area (Å²) in [5.74, 6) is 1.06. The van der Waals surface area contributed by atoms with Gasteiger partial charge in [-0.15, -0.1) is 0 Å². The van der Waals surface area contributed by atoms with Crippen molar-refractivity contribution in [3.05, 3.63) is 29.3 Å². The van der Waals surface area contributed by atoms with Crippen LogP contribution < -0.4 is 10.5 Å². The molecule has 0 spiro atoms. The summed E-state index contributed by atoms with van der Waals surface area (Å²) >= 11 is 0. The molecular weight excluding hydrogens is 238 g/mol. The Morgan fingerprint density at radius 2 is 2.26 bits per heavy atom. The second-order valence-electron chi connectivity index (χ2n) is 5.71. The summed E-state index contributed by atoms with van der Waals surface area (Å²) in [6.07, 6.45) is 6.94. The molecule has 2 aliphatic rings. The standard InChI is InChI=1S/C16H23NO2/c17-14(11-15-2-1-8-18-15)5-3-12-4-6-16-13(10-12)7-9-19-16/h4,6,10,14-15H,1-3,5,7-9,11,17H2. The maximum atomic E-state index is 6.21. The van der Waals surface area contributed by atoms with E-state index in [4.69, 9.17) is 15.2 Å². The van der Waals surface area contributed by atoms with Crippen molar-refractivity contribution in [1.82, 2.24) is 0 Å². The zero-order valence-electron chi connectivity index (χ0n) is 11.4. The zero-order chi connectivity index (χ0) is 13.1. The SMILES string of the molecule is NC(CCc1ccc2c(c1)CCO2)CC1CCCO1. The lowest BCUT2D eigenvalue weighted by atomic mass is 9.99. The third kappa shape index (κ3) is 3.28. The molecule has 0 bridgehead atoms. The molecule has 2 aliphatic heterocycles. The molecule has 2 heterocycles. The number of aryl methyl sites for hydroxylation is 1. The molecule has 1 fully saturated rings. The molecule has 19 heavy (non-hydrogen) atoms. The molecule has 2 N–H and O–H groups in total. The average Bonchev–Trinajstić information content (AvgIpc) is 3.06. The Hall–Kier alpha value is -1.06. The Morgan fingerprint density at radius 1 is 1.32 bits per heavy atom. The van der Waals surface area contributed by atoms with Gasteiger partial charge < -0.3 is 15.2 Å². The van der Waals surface area contributed by atoms with Crippen LogP contribution in [0.2, 0.25) is 0 Å². The van der Waals surface area contributed by atoms with Gasteiger partial charge in [0.15, 0.2) is 0 Å². The smallest absolute Gasteiger partial charge is 0.122 e. The van der Waals surface area contributed by atoms with E-state index < -0.39 is 0 Å². The topological polar surface area (TPSA) is 44.5 Å². The van der Waals surface area contributed by atoms with E-state index in [1.165, 1.54) is 24.0 Å². The van der Waals surface area contributed by atoms with Crippen molar-refractivity contribution in [1.29, 1.82) is 0 Å². The first-order valence-corrected chi connectivity index (χ1v) is 7.43. The van der Waals surface area contributed by atoms with Crippen LogP contribution in [-0.2, 0) is 17.6 Å². The number of nitrogens with two attached hydrogens (primary N) is 1. The molecule has 0 aliphatic carbocycles. The second-order valence-corrected chi connectivity index (χ2v) is 5.71. The fourth-order valence-electron chi connectivity index (χ4n) is 3.03. The quantitative estimate of drug-likeness (QED) is 0.885. The van der Waals surface area contributed by atoms with Crippen LogP contribution in [0.1, 0.15) is 36.8 Å². The summed E-state index contributed by atoms with van der Waals surface area (Å²) in [6.45, 7) is 1.75. The molecule has 3 heteroatoms. The summed E-state index contributed by atoms with van der Waals surface area (Å²) in [5, 5.41) is 0. The number of benzene rings is 1. The maximum absolute atomic E-state index is 6.21. The molecule has 2 unspecified atom stereocenters. The van der Waals surface area contributed by atoms with Crippen molar-refractivity contribution in [2.45, 2.75) is 50.7 Å². The van der Waals surface area contributed by atoms with E-state index in [1.54, 1.807) is 0 Å². The van der Waals surface area contributed by atoms with Crippen molar-refractivity contribution in [3.8, 4) is 5.75 Å². The molecular formula is C16H23NO2. The minimum absolute atomic E-state index is 0.257. The van der Waals surface area contributed by atoms with Gasteiger partial charge in [-0.1, -0.05) is 12.1 Å². The lowest BCUT2D eigenvalue weighted by Gasteiger charge is -2.16. The van der Waals surface area contributed by atoms with Crippen molar-refractivity contribution >= 4 is 0 Å². The van der Waals surface area contributed by atoms with Gasteiger partial charge in [0.25, 0.3) is 0 Å². The van der Waals surface area contributed by atoms with Gasteiger partial charge >= 0.3 is 0 Å². The van der Waals surface area contributed by atoms with E-state index in [-0.39, 0.29) is 6.04 Å². The predicted octanol–water partition coefficient (Wildman–Crippen LogP) is 2.45. The molecule has 1 aromatic rings. The first kappa shape index (κ1) is 12.9. The van der Waals surface area contributed by atoms with Crippen LogP contribution in [0.5, 0.6) is 5.75 Å². The van der Waals surface area contributed by atoms with Crippen LogP contribution in [0.4, 0.5) is 0 Å². The Labute approximate surface area is 115 Å². The van der Waals surface area contributed by atoms with Gasteiger partial charge in [-0.3, -0.25) is 0 Å². The van der Waals surface area contributed by atoms with Crippen molar-refractivity contribution in [2.24, 2.45) is 5.73 Å². The van der Waals surface area contributed by atoms with Crippen LogP contribution in [0.25, 0.3) is 0 Å². The first-order chi connectivity index (χ1) is 9.31. The molecule has 0 aromatic heterocycles. The lowest BCUT2D eigenvalue weighted by Crippen LogP contribution is -2.26. The first-order valence-electron chi connectivity index (χ1n) is 7.43. The summed E-state index contributed by atoms with van der Waals surface area (Å²) in [7, 11) is 0. The van der Waals surface area contributed by atoms with E-state index in [9.17, 15) is 0 Å². The Morgan fingerprint density at radius 3 is 3.11 bits per heavy atom. The summed E-state index contributed by atoms with van der Waals surface area (Å²) in [4.78, 5) is 0. The van der Waals surface area contributed by atoms with Crippen LogP contribution >= 0.6 is 0 Å². The van der Waals surface area contributed by atoms with E-state index >= 15 is 0 Å². The van der Waals surface area contributed by atoms with Crippen LogP contribution in [0.3, 0.4) is 0 Å². The number of fused-ring (bicyclic) bond motifs is 1. The Bertz CT molecular complexity index is 427. The minimum atomic E-state index is 0.257. The second kappa shape index (κ2) is 5.93. The van der Waals surface area contributed by atoms with Gasteiger partial charge in [-0.2, -0.15) is 0 Å². The molecule has 3 rings (SSSR count). The zero-order valence-corrected chi connectivity index (χ0v) is 11.4. The van der Waals surface area contributed by atoms with E-state index in [0.717, 1.165) is 44.6 Å². The third-order valence-electron chi connectivity index (χ3n) is 4.15. The van der Waals surface area contributed by atoms with Gasteiger partial charge in [0.1, 0.15) is 5.75 Å². The van der Waals surface area contributed by atoms with Crippen molar-refractivity contribution < 1.29 is 9.47 Å². The summed E-state index contributed by atoms with van der Waals surface area (Å²) < 4.78 is 11.2. The highest BCUT2D eigenvalue weighted by atomic mass is 16.5. The molecule has 1 saturated heterocycles. The highest BCUT2D eigenvalue weighted by molar-refractivity contribution is 5.39. The number of hydrogen-bond acceptors (Lipinski definition) is 3. The van der Waals surface area contributed by atoms with Gasteiger partial charge in [-0.25, -0.2) is 0 Å². The van der Waals surface area contributed by atoms with Crippen LogP contribution in [0.15, 0.2) is 18.2 Å². The van der Waals surface area contributed by atoms with E-state index in [0.29, 0.717) is 6.10 Å². The lowest BCUT2D eigenvalue weighted by molar-refractivity contribution is 0.0976. The molecule has 1 aromatic carbocycles. The summed E-state index contributed by atoms with van der Waals surface area (Å²) in [6, 6.07) is 6.81. The average molecular weight is 261 g/mol. The van der Waals surface area contributed by atoms with Gasteiger partial charge in [0, 0.05) is 19.1 Å². The van der Waals surface area contributed by atoms with E-state index in [1.807, 2.05) is 0 Å². The normalized spacial score (nSPS) is 23.1. The van der Waals surface area contributed by atoms with Gasteiger partial charge in [0.2, 0.25) is 0 Å². The molecule has 3 nitrogen and oxygen atoms in total. The van der Waals surface area contributed by atoms with Crippen molar-refractivity contribution in [2.75, 3.05) is 13.2 Å². The van der Waals surface area contributed by atoms with E-state index in [2.05, 4.69) is 18.2 Å². The fourth-order valence-corrected chi connectivity index (χ4v) is 3.03. The molecule has 0 radical (unpaired) electrons. The number of hydrogen-bond donors (Lipinski definition) is 1. The fraction of sp³-hybridized carbons (Fsp3) is 0.625. The highest BCUT2D eigenvalue weighted by Crippen LogP contribution is 2.26. The number of ether oxygens (including phenoxy) is 2. The van der Waals surface area contributed by atoms with Gasteiger partial charge in [0.05, 0.1) is 12.7 Å². The summed E-state index contributed by atoms with van der Waals surface area (Å²) in [5.41, 5.74) is 8.94. The minimum Gasteiger partial charge on any atom is -0.493 e. The van der Waals surface area contributed by atoms with Crippen molar-refractivity contribution in [3.63, 3.8) is 0 Å². The molecule has 0 amide bonds. The third-order valence-corrected chi connectivity index (χ3v) is 4.15.